The van der Waals surface area contributed by atoms with Crippen molar-refractivity contribution in [2.45, 2.75) is 24.1 Å². The highest BCUT2D eigenvalue weighted by Gasteiger charge is 2.65. The maximum Gasteiger partial charge on any atom is 0.330 e. The molecule has 3 aliphatic heterocycles. The van der Waals surface area contributed by atoms with Gasteiger partial charge in [0.05, 0.1) is 18.1 Å². The Balaban J connectivity index is 1.67. The zero-order valence-corrected chi connectivity index (χ0v) is 15.4. The van der Waals surface area contributed by atoms with Gasteiger partial charge in [0.15, 0.2) is 11.3 Å². The van der Waals surface area contributed by atoms with E-state index in [1.807, 2.05) is 36.4 Å². The first-order valence-corrected chi connectivity index (χ1v) is 9.40. The van der Waals surface area contributed by atoms with E-state index in [0.717, 1.165) is 10.0 Å². The number of nitrogens with one attached hydrogen (secondary N) is 1. The number of ether oxygens (including phenoxy) is 2. The molecule has 5 nitrogen and oxygen atoms in total. The minimum absolute atomic E-state index is 0.00546. The zero-order chi connectivity index (χ0) is 17.9. The Morgan fingerprint density at radius 2 is 1.96 bits per heavy atom. The molecule has 0 aromatic heterocycles. The maximum absolute atomic E-state index is 13.3. The molecule has 5 rings (SSSR count). The van der Waals surface area contributed by atoms with Crippen LogP contribution in [0.5, 0.6) is 5.75 Å². The van der Waals surface area contributed by atoms with Gasteiger partial charge in [-0.2, -0.15) is 0 Å². The second kappa shape index (κ2) is 5.66. The highest BCUT2D eigenvalue weighted by molar-refractivity contribution is 9.10. The van der Waals surface area contributed by atoms with Gasteiger partial charge in [-0.15, -0.1) is 0 Å². The number of benzene rings is 2. The first-order chi connectivity index (χ1) is 12.6. The molecule has 0 amide bonds. The second-order valence-electron chi connectivity index (χ2n) is 6.96. The van der Waals surface area contributed by atoms with Crippen molar-refractivity contribution in [2.75, 3.05) is 6.61 Å². The van der Waals surface area contributed by atoms with Crippen molar-refractivity contribution in [3.05, 3.63) is 64.1 Å². The molecule has 132 valence electrons. The third-order valence-electron chi connectivity index (χ3n) is 5.59. The first kappa shape index (κ1) is 16.0. The molecule has 2 aromatic rings. The molecule has 1 spiro atoms. The average molecular weight is 414 g/mol. The molecule has 2 saturated heterocycles. The lowest BCUT2D eigenvalue weighted by molar-refractivity contribution is -0.145. The van der Waals surface area contributed by atoms with Crippen LogP contribution in [0.4, 0.5) is 0 Å². The van der Waals surface area contributed by atoms with Crippen molar-refractivity contribution in [2.24, 2.45) is 5.92 Å². The summed E-state index contributed by atoms with van der Waals surface area (Å²) in [6, 6.07) is 14.7. The standard InChI is InChI=1S/C20H16BrNO4/c21-12-5-3-4-11(10-12)16-15-17(23)13-6-1-2-7-14(13)26-18(15)20(22-16)8-9-25-19(20)24/h1-7,10,15-16,18,22H,8-9H2/t15-,16+,18+,20+/m1/s1. The van der Waals surface area contributed by atoms with Crippen LogP contribution in [0.25, 0.3) is 0 Å². The molecule has 3 heterocycles. The maximum atomic E-state index is 13.3. The number of carbonyl (C=O) groups is 2. The van der Waals surface area contributed by atoms with E-state index in [1.54, 1.807) is 12.1 Å². The van der Waals surface area contributed by atoms with Gasteiger partial charge in [0.2, 0.25) is 0 Å². The number of esters is 1. The summed E-state index contributed by atoms with van der Waals surface area (Å²) in [4.78, 5) is 26.0. The van der Waals surface area contributed by atoms with Crippen LogP contribution in [0.1, 0.15) is 28.4 Å². The molecule has 3 aliphatic rings. The van der Waals surface area contributed by atoms with Gasteiger partial charge in [0.1, 0.15) is 11.9 Å². The number of cyclic esters (lactones) is 1. The monoisotopic (exact) mass is 413 g/mol. The number of halogens is 1. The van der Waals surface area contributed by atoms with Gasteiger partial charge in [-0.05, 0) is 29.8 Å². The van der Waals surface area contributed by atoms with E-state index in [0.29, 0.717) is 24.3 Å². The largest absolute Gasteiger partial charge is 0.486 e. The number of fused-ring (bicyclic) bond motifs is 3. The Labute approximate surface area is 158 Å². The molecular weight excluding hydrogens is 398 g/mol. The lowest BCUT2D eigenvalue weighted by Crippen LogP contribution is -2.56. The van der Waals surface area contributed by atoms with E-state index >= 15 is 0 Å². The Bertz CT molecular complexity index is 930. The molecule has 26 heavy (non-hydrogen) atoms. The molecule has 0 unspecified atom stereocenters. The van der Waals surface area contributed by atoms with Crippen molar-refractivity contribution in [1.82, 2.24) is 5.32 Å². The molecule has 6 heteroatoms. The number of para-hydroxylation sites is 1. The second-order valence-corrected chi connectivity index (χ2v) is 7.87. The fraction of sp³-hybridized carbons (Fsp3) is 0.300. The summed E-state index contributed by atoms with van der Waals surface area (Å²) in [5, 5.41) is 3.43. The highest BCUT2D eigenvalue weighted by Crippen LogP contribution is 2.49. The van der Waals surface area contributed by atoms with E-state index in [4.69, 9.17) is 9.47 Å². The number of ketones is 1. The minimum Gasteiger partial charge on any atom is -0.486 e. The molecule has 4 atom stereocenters. The molecule has 0 saturated carbocycles. The highest BCUT2D eigenvalue weighted by atomic mass is 79.9. The van der Waals surface area contributed by atoms with E-state index in [1.165, 1.54) is 0 Å². The molecule has 0 aliphatic carbocycles. The lowest BCUT2D eigenvalue weighted by atomic mass is 9.79. The Kier molecular flexibility index (Phi) is 3.49. The minimum atomic E-state index is -0.985. The normalized spacial score (nSPS) is 32.1. The van der Waals surface area contributed by atoms with Gasteiger partial charge < -0.3 is 9.47 Å². The molecule has 2 fully saturated rings. The van der Waals surface area contributed by atoms with Crippen LogP contribution in [-0.2, 0) is 9.53 Å². The smallest absolute Gasteiger partial charge is 0.330 e. The van der Waals surface area contributed by atoms with Crippen molar-refractivity contribution >= 4 is 27.7 Å². The summed E-state index contributed by atoms with van der Waals surface area (Å²) < 4.78 is 12.4. The number of hydrogen-bond donors (Lipinski definition) is 1. The predicted molar refractivity (Wildman–Crippen MR) is 97.0 cm³/mol. The van der Waals surface area contributed by atoms with Crippen LogP contribution in [-0.4, -0.2) is 30.0 Å². The number of Topliss-reactive ketones (excluding diaryl/α,β-unsaturated/α-hetero) is 1. The first-order valence-electron chi connectivity index (χ1n) is 8.60. The van der Waals surface area contributed by atoms with Crippen molar-refractivity contribution in [3.63, 3.8) is 0 Å². The summed E-state index contributed by atoms with van der Waals surface area (Å²) in [7, 11) is 0. The average Bonchev–Trinajstić information content (AvgIpc) is 3.17. The van der Waals surface area contributed by atoms with Gasteiger partial charge in [0, 0.05) is 16.9 Å². The van der Waals surface area contributed by atoms with Crippen LogP contribution in [0.2, 0.25) is 0 Å². The SMILES string of the molecule is O=C1c2ccccc2O[C@H]2[C@@H]1[C@H](c1cccc(Br)c1)N[C@@]21CCOC1=O. The quantitative estimate of drug-likeness (QED) is 0.727. The topological polar surface area (TPSA) is 64.6 Å². The number of rotatable bonds is 1. The molecule has 2 aromatic carbocycles. The lowest BCUT2D eigenvalue weighted by Gasteiger charge is -2.34. The van der Waals surface area contributed by atoms with Crippen LogP contribution < -0.4 is 10.1 Å². The Morgan fingerprint density at radius 1 is 1.12 bits per heavy atom. The summed E-state index contributed by atoms with van der Waals surface area (Å²) in [6.07, 6.45) is -0.0867. The third-order valence-corrected chi connectivity index (χ3v) is 6.09. The number of hydrogen-bond acceptors (Lipinski definition) is 5. The summed E-state index contributed by atoms with van der Waals surface area (Å²) in [6.45, 7) is 0.333. The van der Waals surface area contributed by atoms with Crippen LogP contribution >= 0.6 is 15.9 Å². The van der Waals surface area contributed by atoms with Crippen LogP contribution in [0, 0.1) is 5.92 Å². The van der Waals surface area contributed by atoms with Gasteiger partial charge >= 0.3 is 5.97 Å². The fourth-order valence-corrected chi connectivity index (χ4v) is 4.82. The Hall–Kier alpha value is -2.18. The van der Waals surface area contributed by atoms with E-state index in [9.17, 15) is 9.59 Å². The molecule has 0 bridgehead atoms. The van der Waals surface area contributed by atoms with Crippen molar-refractivity contribution in [1.29, 1.82) is 0 Å². The third kappa shape index (κ3) is 2.12. The summed E-state index contributed by atoms with van der Waals surface area (Å²) in [5.41, 5.74) is 0.530. The fourth-order valence-electron chi connectivity index (χ4n) is 4.40. The van der Waals surface area contributed by atoms with Gasteiger partial charge in [0.25, 0.3) is 0 Å². The van der Waals surface area contributed by atoms with E-state index in [2.05, 4.69) is 21.2 Å². The Morgan fingerprint density at radius 3 is 2.73 bits per heavy atom. The molecule has 0 radical (unpaired) electrons. The van der Waals surface area contributed by atoms with Crippen LogP contribution in [0.15, 0.2) is 53.0 Å². The predicted octanol–water partition coefficient (Wildman–Crippen LogP) is 3.04. The molecular formula is C20H16BrNO4. The zero-order valence-electron chi connectivity index (χ0n) is 13.8. The molecule has 1 N–H and O–H groups in total. The van der Waals surface area contributed by atoms with E-state index < -0.39 is 17.6 Å². The number of carbonyl (C=O) groups excluding carboxylic acids is 2. The summed E-state index contributed by atoms with van der Waals surface area (Å²) in [5.74, 6) is -0.276. The van der Waals surface area contributed by atoms with Crippen molar-refractivity contribution in [3.8, 4) is 5.75 Å². The van der Waals surface area contributed by atoms with Crippen molar-refractivity contribution < 1.29 is 19.1 Å². The van der Waals surface area contributed by atoms with Gasteiger partial charge in [-0.1, -0.05) is 40.2 Å². The van der Waals surface area contributed by atoms with Gasteiger partial charge in [-0.3, -0.25) is 10.1 Å². The van der Waals surface area contributed by atoms with Gasteiger partial charge in [-0.25, -0.2) is 4.79 Å². The van der Waals surface area contributed by atoms with E-state index in [-0.39, 0.29) is 17.8 Å². The van der Waals surface area contributed by atoms with Crippen LogP contribution in [0.3, 0.4) is 0 Å². The summed E-state index contributed by atoms with van der Waals surface area (Å²) >= 11 is 3.49.